The summed E-state index contributed by atoms with van der Waals surface area (Å²) in [4.78, 5) is 22.1. The van der Waals surface area contributed by atoms with E-state index in [2.05, 4.69) is 5.32 Å². The van der Waals surface area contributed by atoms with E-state index in [1.54, 1.807) is 0 Å². The molecule has 5 heteroatoms. The summed E-state index contributed by atoms with van der Waals surface area (Å²) in [7, 11) is 0. The van der Waals surface area contributed by atoms with Crippen LogP contribution in [0, 0.1) is 0 Å². The molecule has 114 valence electrons. The summed E-state index contributed by atoms with van der Waals surface area (Å²) in [5, 5.41) is 11.4. The number of rotatable bonds is 9. The Bertz CT molecular complexity index is 497. The molecular weight excluding hydrogens is 270 g/mol. The Morgan fingerprint density at radius 3 is 2.90 bits per heavy atom. The van der Waals surface area contributed by atoms with Crippen molar-refractivity contribution in [3.8, 4) is 0 Å². The fraction of sp³-hybridized carbons (Fsp3) is 0.375. The van der Waals surface area contributed by atoms with E-state index in [1.807, 2.05) is 31.2 Å². The third-order valence-corrected chi connectivity index (χ3v) is 2.76. The number of amides is 1. The first kappa shape index (κ1) is 16.9. The number of hydrogen-bond acceptors (Lipinski definition) is 3. The molecule has 0 saturated carbocycles. The van der Waals surface area contributed by atoms with Crippen molar-refractivity contribution in [3.63, 3.8) is 0 Å². The van der Waals surface area contributed by atoms with Crippen molar-refractivity contribution in [1.29, 1.82) is 0 Å². The van der Waals surface area contributed by atoms with E-state index in [-0.39, 0.29) is 5.91 Å². The number of carbonyl (C=O) groups excluding carboxylic acids is 1. The summed E-state index contributed by atoms with van der Waals surface area (Å²) in [5.74, 6) is -0.996. The van der Waals surface area contributed by atoms with Crippen molar-refractivity contribution in [1.82, 2.24) is 5.32 Å². The molecule has 2 N–H and O–H groups in total. The summed E-state index contributed by atoms with van der Waals surface area (Å²) in [6, 6.07) is 7.38. The van der Waals surface area contributed by atoms with E-state index in [9.17, 15) is 9.59 Å². The molecule has 0 bridgehead atoms. The minimum atomic E-state index is -0.983. The number of carboxylic acid groups (broad SMARTS) is 1. The monoisotopic (exact) mass is 291 g/mol. The molecule has 0 heterocycles. The third-order valence-electron chi connectivity index (χ3n) is 2.76. The van der Waals surface area contributed by atoms with Gasteiger partial charge in [0.2, 0.25) is 5.91 Å². The van der Waals surface area contributed by atoms with Gasteiger partial charge in [-0.05, 0) is 36.6 Å². The van der Waals surface area contributed by atoms with Crippen LogP contribution < -0.4 is 5.32 Å². The molecule has 0 spiro atoms. The average molecular weight is 291 g/mol. The van der Waals surface area contributed by atoms with Gasteiger partial charge in [0.05, 0.1) is 0 Å². The van der Waals surface area contributed by atoms with Gasteiger partial charge < -0.3 is 15.2 Å². The van der Waals surface area contributed by atoms with E-state index in [4.69, 9.17) is 9.84 Å². The minimum absolute atomic E-state index is 0.0128. The van der Waals surface area contributed by atoms with Gasteiger partial charge in [-0.25, -0.2) is 4.79 Å². The minimum Gasteiger partial charge on any atom is -0.478 e. The third kappa shape index (κ3) is 7.89. The quantitative estimate of drug-likeness (QED) is 0.540. The van der Waals surface area contributed by atoms with Crippen LogP contribution in [0.25, 0.3) is 6.08 Å². The van der Waals surface area contributed by atoms with Crippen LogP contribution in [-0.4, -0.2) is 30.2 Å². The van der Waals surface area contributed by atoms with Gasteiger partial charge in [-0.1, -0.05) is 18.2 Å². The maximum absolute atomic E-state index is 11.6. The van der Waals surface area contributed by atoms with Crippen molar-refractivity contribution in [3.05, 3.63) is 41.5 Å². The summed E-state index contributed by atoms with van der Waals surface area (Å²) in [5.41, 5.74) is 1.72. The Kier molecular flexibility index (Phi) is 7.82. The van der Waals surface area contributed by atoms with Gasteiger partial charge in [0, 0.05) is 32.3 Å². The Morgan fingerprint density at radius 2 is 2.19 bits per heavy atom. The number of ether oxygens (including phenoxy) is 1. The van der Waals surface area contributed by atoms with E-state index < -0.39 is 5.97 Å². The maximum Gasteiger partial charge on any atom is 0.328 e. The fourth-order valence-electron chi connectivity index (χ4n) is 1.74. The SMILES string of the molecule is CCOCCCC(=O)NCc1cccc(/C=C/C(=O)O)c1. The molecule has 0 radical (unpaired) electrons. The molecule has 1 aromatic carbocycles. The molecule has 0 fully saturated rings. The standard InChI is InChI=1S/C16H21NO4/c1-2-21-10-4-7-15(18)17-12-14-6-3-5-13(11-14)8-9-16(19)20/h3,5-6,8-9,11H,2,4,7,10,12H2,1H3,(H,17,18)(H,19,20)/b9-8+. The summed E-state index contributed by atoms with van der Waals surface area (Å²) < 4.78 is 5.17. The molecule has 0 saturated heterocycles. The van der Waals surface area contributed by atoms with E-state index in [0.717, 1.165) is 17.2 Å². The highest BCUT2D eigenvalue weighted by Crippen LogP contribution is 2.07. The smallest absolute Gasteiger partial charge is 0.328 e. The largest absolute Gasteiger partial charge is 0.478 e. The summed E-state index contributed by atoms with van der Waals surface area (Å²) in [6.07, 6.45) is 3.76. The molecule has 0 unspecified atom stereocenters. The van der Waals surface area contributed by atoms with Crippen molar-refractivity contribution >= 4 is 18.0 Å². The highest BCUT2D eigenvalue weighted by Gasteiger charge is 2.01. The first-order valence-corrected chi connectivity index (χ1v) is 6.96. The summed E-state index contributed by atoms with van der Waals surface area (Å²) in [6.45, 7) is 3.62. The Balaban J connectivity index is 2.39. The van der Waals surface area contributed by atoms with E-state index in [1.165, 1.54) is 6.08 Å². The van der Waals surface area contributed by atoms with Crippen LogP contribution in [0.5, 0.6) is 0 Å². The lowest BCUT2D eigenvalue weighted by Crippen LogP contribution is -2.22. The number of carbonyl (C=O) groups is 2. The van der Waals surface area contributed by atoms with Gasteiger partial charge in [-0.2, -0.15) is 0 Å². The lowest BCUT2D eigenvalue weighted by atomic mass is 10.1. The first-order valence-electron chi connectivity index (χ1n) is 6.96. The second-order valence-electron chi connectivity index (χ2n) is 4.49. The fourth-order valence-corrected chi connectivity index (χ4v) is 1.74. The van der Waals surface area contributed by atoms with Gasteiger partial charge in [0.25, 0.3) is 0 Å². The van der Waals surface area contributed by atoms with Crippen LogP contribution in [0.4, 0.5) is 0 Å². The average Bonchev–Trinajstić information content (AvgIpc) is 2.48. The van der Waals surface area contributed by atoms with Crippen LogP contribution in [-0.2, 0) is 20.9 Å². The van der Waals surface area contributed by atoms with Crippen molar-refractivity contribution in [2.24, 2.45) is 0 Å². The van der Waals surface area contributed by atoms with Crippen LogP contribution in [0.15, 0.2) is 30.3 Å². The lowest BCUT2D eigenvalue weighted by molar-refractivity contribution is -0.131. The van der Waals surface area contributed by atoms with Crippen LogP contribution >= 0.6 is 0 Å². The van der Waals surface area contributed by atoms with Crippen LogP contribution in [0.3, 0.4) is 0 Å². The Labute approximate surface area is 124 Å². The van der Waals surface area contributed by atoms with Crippen LogP contribution in [0.2, 0.25) is 0 Å². The zero-order chi connectivity index (χ0) is 15.5. The molecule has 0 aliphatic carbocycles. The molecule has 0 aliphatic rings. The maximum atomic E-state index is 11.6. The predicted octanol–water partition coefficient (Wildman–Crippen LogP) is 2.22. The number of hydrogen-bond donors (Lipinski definition) is 2. The predicted molar refractivity (Wildman–Crippen MR) is 80.7 cm³/mol. The Hall–Kier alpha value is -2.14. The molecule has 0 atom stereocenters. The normalized spacial score (nSPS) is 10.7. The molecular formula is C16H21NO4. The number of benzene rings is 1. The second-order valence-corrected chi connectivity index (χ2v) is 4.49. The molecule has 1 amide bonds. The highest BCUT2D eigenvalue weighted by atomic mass is 16.5. The van der Waals surface area contributed by atoms with Crippen molar-refractivity contribution < 1.29 is 19.4 Å². The van der Waals surface area contributed by atoms with Gasteiger partial charge in [0.15, 0.2) is 0 Å². The Morgan fingerprint density at radius 1 is 1.38 bits per heavy atom. The topological polar surface area (TPSA) is 75.6 Å². The second kappa shape index (κ2) is 9.72. The molecule has 0 aliphatic heterocycles. The molecule has 21 heavy (non-hydrogen) atoms. The lowest BCUT2D eigenvalue weighted by Gasteiger charge is -2.06. The highest BCUT2D eigenvalue weighted by molar-refractivity contribution is 5.85. The number of nitrogens with one attached hydrogen (secondary N) is 1. The van der Waals surface area contributed by atoms with E-state index >= 15 is 0 Å². The zero-order valence-corrected chi connectivity index (χ0v) is 12.2. The van der Waals surface area contributed by atoms with Gasteiger partial charge in [-0.15, -0.1) is 0 Å². The van der Waals surface area contributed by atoms with E-state index in [0.29, 0.717) is 32.6 Å². The zero-order valence-electron chi connectivity index (χ0n) is 12.2. The van der Waals surface area contributed by atoms with Crippen LogP contribution in [0.1, 0.15) is 30.9 Å². The van der Waals surface area contributed by atoms with Gasteiger partial charge >= 0.3 is 5.97 Å². The summed E-state index contributed by atoms with van der Waals surface area (Å²) >= 11 is 0. The van der Waals surface area contributed by atoms with Crippen molar-refractivity contribution in [2.45, 2.75) is 26.3 Å². The van der Waals surface area contributed by atoms with Gasteiger partial charge in [-0.3, -0.25) is 4.79 Å². The molecule has 1 rings (SSSR count). The number of carboxylic acids is 1. The number of aliphatic carboxylic acids is 1. The van der Waals surface area contributed by atoms with Gasteiger partial charge in [0.1, 0.15) is 0 Å². The van der Waals surface area contributed by atoms with Crippen molar-refractivity contribution in [2.75, 3.05) is 13.2 Å². The molecule has 1 aromatic rings. The molecule has 0 aromatic heterocycles. The molecule has 5 nitrogen and oxygen atoms in total. The first-order chi connectivity index (χ1) is 10.1.